The number of hydrogen-bond acceptors (Lipinski definition) is 7. The Labute approximate surface area is 270 Å². The van der Waals surface area contributed by atoms with Crippen LogP contribution in [0.15, 0.2) is 34.2 Å². The van der Waals surface area contributed by atoms with E-state index in [1.807, 2.05) is 0 Å². The molecule has 0 radical (unpaired) electrons. The van der Waals surface area contributed by atoms with Crippen molar-refractivity contribution in [1.29, 1.82) is 0 Å². The number of benzene rings is 1. The molecule has 5 N–H and O–H groups in total. The number of amides is 1. The molecule has 1 saturated heterocycles. The van der Waals surface area contributed by atoms with Crippen LogP contribution in [0.1, 0.15) is 86.5 Å². The maximum absolute atomic E-state index is 13.9. The lowest BCUT2D eigenvalue weighted by molar-refractivity contribution is -0.199. The molecule has 5 rings (SSSR count). The Kier molecular flexibility index (Phi) is 11.5. The first kappa shape index (κ1) is 35.5. The highest BCUT2D eigenvalue weighted by atomic mass is 32.2. The maximum Gasteiger partial charge on any atom is 0.481 e. The van der Waals surface area contributed by atoms with E-state index >= 15 is 0 Å². The fourth-order valence-corrected chi connectivity index (χ4v) is 8.48. The minimum absolute atomic E-state index is 0.0224. The first-order valence-electron chi connectivity index (χ1n) is 16.6. The van der Waals surface area contributed by atoms with Gasteiger partial charge in [0.15, 0.2) is 5.96 Å². The summed E-state index contributed by atoms with van der Waals surface area (Å²) >= 11 is 0. The first-order chi connectivity index (χ1) is 21.2. The molecule has 4 aliphatic rings. The summed E-state index contributed by atoms with van der Waals surface area (Å²) in [6, 6.07) is 5.23. The van der Waals surface area contributed by atoms with E-state index in [-0.39, 0.29) is 34.7 Å². The summed E-state index contributed by atoms with van der Waals surface area (Å²) in [6.07, 6.45) is 5.32. The largest absolute Gasteiger partial charge is 0.494 e. The summed E-state index contributed by atoms with van der Waals surface area (Å²) in [4.78, 5) is 17.9. The molecule has 1 amide bonds. The van der Waals surface area contributed by atoms with Crippen LogP contribution < -0.4 is 25.8 Å². The smallest absolute Gasteiger partial charge is 0.481 e. The van der Waals surface area contributed by atoms with Crippen molar-refractivity contribution in [2.24, 2.45) is 33.9 Å². The van der Waals surface area contributed by atoms with E-state index in [1.165, 1.54) is 12.1 Å². The van der Waals surface area contributed by atoms with E-state index in [0.717, 1.165) is 25.7 Å². The molecular formula is C32H54BN5O6S. The molecular weight excluding hydrogens is 593 g/mol. The number of nitrogens with zero attached hydrogens (tertiary/aromatic N) is 1. The van der Waals surface area contributed by atoms with Crippen LogP contribution in [-0.2, 0) is 24.1 Å². The SMILES string of the molecule is CCCCOc1ccc(S(=O)(=O)N[C@@H](CCCNC(N)=NC)C(=O)N[C@@H](CC(C)C)B2O[C@@H]3C[C@@H]4C[C@@H](C4(C)C)[C@]3(C)O2)cc1. The predicted octanol–water partition coefficient (Wildman–Crippen LogP) is 3.63. The molecule has 1 aromatic rings. The topological polar surface area (TPSA) is 153 Å². The summed E-state index contributed by atoms with van der Waals surface area (Å²) in [5.74, 6) is 1.27. The van der Waals surface area contributed by atoms with Crippen molar-refractivity contribution in [1.82, 2.24) is 15.4 Å². The Balaban J connectivity index is 1.49. The highest BCUT2D eigenvalue weighted by Gasteiger charge is 2.68. The van der Waals surface area contributed by atoms with Gasteiger partial charge in [-0.1, -0.05) is 41.0 Å². The maximum atomic E-state index is 13.9. The van der Waals surface area contributed by atoms with Crippen LogP contribution in [0.5, 0.6) is 5.75 Å². The molecule has 0 spiro atoms. The Bertz CT molecular complexity index is 1290. The molecule has 6 atom stereocenters. The number of rotatable bonds is 16. The number of aliphatic imine (C=N–C) groups is 1. The molecule has 45 heavy (non-hydrogen) atoms. The van der Waals surface area contributed by atoms with Gasteiger partial charge in [-0.25, -0.2) is 8.42 Å². The van der Waals surface area contributed by atoms with E-state index in [4.69, 9.17) is 19.8 Å². The van der Waals surface area contributed by atoms with E-state index in [9.17, 15) is 13.2 Å². The quantitative estimate of drug-likeness (QED) is 0.0919. The number of nitrogens with two attached hydrogens (primary N) is 1. The predicted molar refractivity (Wildman–Crippen MR) is 177 cm³/mol. The van der Waals surface area contributed by atoms with Gasteiger partial charge in [-0.2, -0.15) is 4.72 Å². The van der Waals surface area contributed by atoms with Gasteiger partial charge in [0.2, 0.25) is 15.9 Å². The molecule has 4 fully saturated rings. The van der Waals surface area contributed by atoms with Crippen LogP contribution in [-0.4, -0.2) is 71.3 Å². The third-order valence-electron chi connectivity index (χ3n) is 10.1. The van der Waals surface area contributed by atoms with Gasteiger partial charge in [-0.15, -0.1) is 0 Å². The van der Waals surface area contributed by atoms with Crippen molar-refractivity contribution in [2.45, 2.75) is 115 Å². The van der Waals surface area contributed by atoms with Crippen LogP contribution in [0.3, 0.4) is 0 Å². The second-order valence-electron chi connectivity index (χ2n) is 14.1. The molecule has 3 saturated carbocycles. The van der Waals surface area contributed by atoms with Crippen LogP contribution >= 0.6 is 0 Å². The van der Waals surface area contributed by atoms with Crippen molar-refractivity contribution in [2.75, 3.05) is 20.2 Å². The van der Waals surface area contributed by atoms with Gasteiger partial charge in [0.1, 0.15) is 11.8 Å². The van der Waals surface area contributed by atoms with Crippen molar-refractivity contribution >= 4 is 29.0 Å². The lowest BCUT2D eigenvalue weighted by Gasteiger charge is -2.64. The van der Waals surface area contributed by atoms with Gasteiger partial charge < -0.3 is 30.4 Å². The van der Waals surface area contributed by atoms with Gasteiger partial charge >= 0.3 is 7.12 Å². The fraction of sp³-hybridized carbons (Fsp3) is 0.750. The van der Waals surface area contributed by atoms with Crippen LogP contribution in [0.2, 0.25) is 0 Å². The highest BCUT2D eigenvalue weighted by Crippen LogP contribution is 2.65. The summed E-state index contributed by atoms with van der Waals surface area (Å²) in [5.41, 5.74) is 5.54. The lowest BCUT2D eigenvalue weighted by Crippen LogP contribution is -2.65. The minimum atomic E-state index is -4.02. The average molecular weight is 648 g/mol. The minimum Gasteiger partial charge on any atom is -0.494 e. The second kappa shape index (κ2) is 14.6. The van der Waals surface area contributed by atoms with Gasteiger partial charge in [0, 0.05) is 13.6 Å². The van der Waals surface area contributed by atoms with Crippen molar-refractivity contribution in [3.05, 3.63) is 24.3 Å². The Hall–Kier alpha value is -2.35. The number of hydrogen-bond donors (Lipinski definition) is 4. The molecule has 0 aromatic heterocycles. The van der Waals surface area contributed by atoms with Crippen LogP contribution in [0.4, 0.5) is 0 Å². The third kappa shape index (κ3) is 8.15. The zero-order chi connectivity index (χ0) is 33.0. The Morgan fingerprint density at radius 3 is 2.51 bits per heavy atom. The summed E-state index contributed by atoms with van der Waals surface area (Å²) in [7, 11) is -3.05. The van der Waals surface area contributed by atoms with Gasteiger partial charge in [0.25, 0.3) is 0 Å². The number of nitrogens with one attached hydrogen (secondary N) is 3. The van der Waals surface area contributed by atoms with Gasteiger partial charge in [-0.3, -0.25) is 9.79 Å². The van der Waals surface area contributed by atoms with Crippen LogP contribution in [0.25, 0.3) is 0 Å². The molecule has 2 bridgehead atoms. The van der Waals surface area contributed by atoms with E-state index in [2.05, 4.69) is 61.9 Å². The number of ether oxygens (including phenoxy) is 1. The molecule has 13 heteroatoms. The third-order valence-corrected chi connectivity index (χ3v) is 11.6. The fourth-order valence-electron chi connectivity index (χ4n) is 7.25. The summed E-state index contributed by atoms with van der Waals surface area (Å²) in [6.45, 7) is 14.0. The Morgan fingerprint density at radius 2 is 1.89 bits per heavy atom. The standard InChI is InChI=1S/C32H54BN5O6S/c1-8-9-17-42-23-12-14-24(15-13-23)45(40,41)38-25(11-10-16-36-30(34)35-7)29(39)37-28(18-21(2)3)33-43-27-20-22-19-26(31(22,4)5)32(27,6)44-33/h12-15,21-22,25-28,38H,8-11,16-20H2,1-7H3,(H,37,39)(H3,34,35,36)/t22-,25-,26-,27+,28-,32-/m0/s1. The zero-order valence-corrected chi connectivity index (χ0v) is 28.9. The Morgan fingerprint density at radius 1 is 1.18 bits per heavy atom. The van der Waals surface area contributed by atoms with Crippen molar-refractivity contribution in [3.63, 3.8) is 0 Å². The van der Waals surface area contributed by atoms with E-state index in [0.29, 0.717) is 43.6 Å². The normalized spacial score (nSPS) is 27.0. The lowest BCUT2D eigenvalue weighted by atomic mass is 9.43. The molecule has 1 aliphatic heterocycles. The zero-order valence-electron chi connectivity index (χ0n) is 28.1. The highest BCUT2D eigenvalue weighted by molar-refractivity contribution is 7.89. The monoisotopic (exact) mass is 647 g/mol. The number of guanidine groups is 1. The molecule has 1 heterocycles. The van der Waals surface area contributed by atoms with Crippen molar-refractivity contribution < 1.29 is 27.3 Å². The van der Waals surface area contributed by atoms with E-state index in [1.54, 1.807) is 19.2 Å². The van der Waals surface area contributed by atoms with E-state index < -0.39 is 40.6 Å². The second-order valence-corrected chi connectivity index (χ2v) is 15.8. The molecule has 252 valence electrons. The number of unbranched alkanes of at least 4 members (excludes halogenated alkanes) is 1. The molecule has 0 unspecified atom stereocenters. The summed E-state index contributed by atoms with van der Waals surface area (Å²) < 4.78 is 48.6. The summed E-state index contributed by atoms with van der Waals surface area (Å²) in [5, 5.41) is 6.11. The number of sulfonamides is 1. The first-order valence-corrected chi connectivity index (χ1v) is 18.0. The molecule has 11 nitrogen and oxygen atoms in total. The number of carbonyl (C=O) groups is 1. The molecule has 1 aromatic carbocycles. The van der Waals surface area contributed by atoms with Gasteiger partial charge in [-0.05, 0) is 92.9 Å². The average Bonchev–Trinajstić information content (AvgIpc) is 3.35. The molecule has 3 aliphatic carbocycles. The van der Waals surface area contributed by atoms with Crippen molar-refractivity contribution in [3.8, 4) is 5.75 Å². The number of carbonyl (C=O) groups excluding carboxylic acids is 1. The van der Waals surface area contributed by atoms with Crippen LogP contribution in [0, 0.1) is 23.2 Å². The van der Waals surface area contributed by atoms with Gasteiger partial charge in [0.05, 0.1) is 29.1 Å².